The van der Waals surface area contributed by atoms with Gasteiger partial charge in [-0.25, -0.2) is 0 Å². The van der Waals surface area contributed by atoms with Crippen molar-refractivity contribution in [2.24, 2.45) is 0 Å². The standard InChI is InChI=1S/C12H22O2/c1-3-5-6-8-12(14)10-9-11(13)7-4-2/h3-10H2,1-2H3. The molecule has 0 saturated heterocycles. The van der Waals surface area contributed by atoms with E-state index in [-0.39, 0.29) is 11.6 Å². The number of hydrogen-bond acceptors (Lipinski definition) is 2. The number of hydrogen-bond donors (Lipinski definition) is 0. The van der Waals surface area contributed by atoms with Crippen LogP contribution in [0.4, 0.5) is 0 Å². The van der Waals surface area contributed by atoms with E-state index in [1.54, 1.807) is 0 Å². The molecule has 0 rings (SSSR count). The molecule has 0 unspecified atom stereocenters. The van der Waals surface area contributed by atoms with Crippen LogP contribution in [0, 0.1) is 0 Å². The molecule has 0 heterocycles. The van der Waals surface area contributed by atoms with Gasteiger partial charge < -0.3 is 0 Å². The lowest BCUT2D eigenvalue weighted by atomic mass is 10.0. The Balaban J connectivity index is 3.39. The maximum Gasteiger partial charge on any atom is 0.133 e. The van der Waals surface area contributed by atoms with Gasteiger partial charge in [0, 0.05) is 25.7 Å². The lowest BCUT2D eigenvalue weighted by molar-refractivity contribution is -0.124. The smallest absolute Gasteiger partial charge is 0.133 e. The summed E-state index contributed by atoms with van der Waals surface area (Å²) in [5.41, 5.74) is 0. The molecule has 0 spiro atoms. The van der Waals surface area contributed by atoms with E-state index in [2.05, 4.69) is 6.92 Å². The number of carbonyl (C=O) groups excluding carboxylic acids is 2. The molecule has 0 aliphatic rings. The van der Waals surface area contributed by atoms with Crippen molar-refractivity contribution in [2.45, 2.75) is 65.2 Å². The summed E-state index contributed by atoms with van der Waals surface area (Å²) in [4.78, 5) is 22.4. The number of Topliss-reactive ketones (excluding diaryl/α,β-unsaturated/α-hetero) is 2. The average molecular weight is 198 g/mol. The van der Waals surface area contributed by atoms with Gasteiger partial charge in [-0.05, 0) is 12.8 Å². The molecule has 0 fully saturated rings. The van der Waals surface area contributed by atoms with Crippen molar-refractivity contribution in [1.82, 2.24) is 0 Å². The number of unbranched alkanes of at least 4 members (excludes halogenated alkanes) is 2. The Labute approximate surface area is 87.1 Å². The largest absolute Gasteiger partial charge is 0.300 e. The van der Waals surface area contributed by atoms with Gasteiger partial charge in [-0.2, -0.15) is 0 Å². The lowest BCUT2D eigenvalue weighted by Gasteiger charge is -1.99. The highest BCUT2D eigenvalue weighted by atomic mass is 16.1. The SMILES string of the molecule is CCCCCC(=O)CCC(=O)CCC. The molecule has 0 aromatic heterocycles. The van der Waals surface area contributed by atoms with Crippen LogP contribution in [-0.4, -0.2) is 11.6 Å². The van der Waals surface area contributed by atoms with Crippen LogP contribution < -0.4 is 0 Å². The maximum atomic E-state index is 11.3. The summed E-state index contributed by atoms with van der Waals surface area (Å²) >= 11 is 0. The molecule has 0 aliphatic heterocycles. The van der Waals surface area contributed by atoms with Gasteiger partial charge in [0.1, 0.15) is 11.6 Å². The summed E-state index contributed by atoms with van der Waals surface area (Å²) in [5, 5.41) is 0. The number of carbonyl (C=O) groups is 2. The van der Waals surface area contributed by atoms with Gasteiger partial charge in [-0.1, -0.05) is 26.7 Å². The second-order valence-corrected chi connectivity index (χ2v) is 3.78. The van der Waals surface area contributed by atoms with Crippen LogP contribution >= 0.6 is 0 Å². The third-order valence-corrected chi connectivity index (χ3v) is 2.27. The maximum absolute atomic E-state index is 11.3. The Kier molecular flexibility index (Phi) is 8.50. The van der Waals surface area contributed by atoms with Crippen molar-refractivity contribution in [1.29, 1.82) is 0 Å². The first-order valence-corrected chi connectivity index (χ1v) is 5.74. The quantitative estimate of drug-likeness (QED) is 0.533. The van der Waals surface area contributed by atoms with Crippen LogP contribution in [0.5, 0.6) is 0 Å². The number of rotatable bonds is 9. The minimum Gasteiger partial charge on any atom is -0.300 e. The first-order chi connectivity index (χ1) is 6.70. The van der Waals surface area contributed by atoms with Crippen LogP contribution in [0.2, 0.25) is 0 Å². The topological polar surface area (TPSA) is 34.1 Å². The highest BCUT2D eigenvalue weighted by Crippen LogP contribution is 2.05. The highest BCUT2D eigenvalue weighted by Gasteiger charge is 2.05. The van der Waals surface area contributed by atoms with Crippen LogP contribution in [0.1, 0.15) is 65.2 Å². The highest BCUT2D eigenvalue weighted by molar-refractivity contribution is 5.85. The van der Waals surface area contributed by atoms with E-state index in [0.717, 1.165) is 25.7 Å². The van der Waals surface area contributed by atoms with E-state index in [0.29, 0.717) is 25.7 Å². The molecular formula is C12H22O2. The second kappa shape index (κ2) is 8.92. The third kappa shape index (κ3) is 7.96. The van der Waals surface area contributed by atoms with Crippen LogP contribution in [0.15, 0.2) is 0 Å². The van der Waals surface area contributed by atoms with Gasteiger partial charge in [0.2, 0.25) is 0 Å². The molecule has 0 radical (unpaired) electrons. The van der Waals surface area contributed by atoms with E-state index in [4.69, 9.17) is 0 Å². The molecule has 14 heavy (non-hydrogen) atoms. The summed E-state index contributed by atoms with van der Waals surface area (Å²) in [6, 6.07) is 0. The van der Waals surface area contributed by atoms with E-state index < -0.39 is 0 Å². The van der Waals surface area contributed by atoms with Gasteiger partial charge in [0.05, 0.1) is 0 Å². The van der Waals surface area contributed by atoms with Gasteiger partial charge >= 0.3 is 0 Å². The van der Waals surface area contributed by atoms with Crippen molar-refractivity contribution in [2.75, 3.05) is 0 Å². The summed E-state index contributed by atoms with van der Waals surface area (Å²) in [7, 11) is 0. The molecular weight excluding hydrogens is 176 g/mol. The van der Waals surface area contributed by atoms with Crippen LogP contribution in [0.25, 0.3) is 0 Å². The molecule has 2 heteroatoms. The van der Waals surface area contributed by atoms with E-state index >= 15 is 0 Å². The number of ketones is 2. The van der Waals surface area contributed by atoms with Gasteiger partial charge in [-0.3, -0.25) is 9.59 Å². The Morgan fingerprint density at radius 1 is 0.714 bits per heavy atom. The fourth-order valence-electron chi connectivity index (χ4n) is 1.38. The zero-order valence-electron chi connectivity index (χ0n) is 9.47. The molecule has 0 saturated carbocycles. The fourth-order valence-corrected chi connectivity index (χ4v) is 1.38. The van der Waals surface area contributed by atoms with Crippen molar-refractivity contribution in [3.8, 4) is 0 Å². The zero-order valence-corrected chi connectivity index (χ0v) is 9.47. The minimum absolute atomic E-state index is 0.233. The van der Waals surface area contributed by atoms with E-state index in [9.17, 15) is 9.59 Å². The summed E-state index contributed by atoms with van der Waals surface area (Å²) in [6.07, 6.45) is 6.34. The normalized spacial score (nSPS) is 10.1. The monoisotopic (exact) mass is 198 g/mol. The molecule has 0 bridgehead atoms. The predicted molar refractivity (Wildman–Crippen MR) is 58.3 cm³/mol. The molecule has 0 aromatic carbocycles. The van der Waals surface area contributed by atoms with Crippen molar-refractivity contribution >= 4 is 11.6 Å². The zero-order chi connectivity index (χ0) is 10.8. The first kappa shape index (κ1) is 13.3. The van der Waals surface area contributed by atoms with Gasteiger partial charge in [-0.15, -0.1) is 0 Å². The Bertz CT molecular complexity index is 173. The molecule has 82 valence electrons. The minimum atomic E-state index is 0.233. The Hall–Kier alpha value is -0.660. The first-order valence-electron chi connectivity index (χ1n) is 5.74. The molecule has 0 atom stereocenters. The van der Waals surface area contributed by atoms with Gasteiger partial charge in [0.25, 0.3) is 0 Å². The third-order valence-electron chi connectivity index (χ3n) is 2.27. The molecule has 0 amide bonds. The van der Waals surface area contributed by atoms with E-state index in [1.165, 1.54) is 0 Å². The molecule has 0 aromatic rings. The summed E-state index contributed by atoms with van der Waals surface area (Å²) in [5.74, 6) is 0.485. The van der Waals surface area contributed by atoms with E-state index in [1.807, 2.05) is 6.92 Å². The fraction of sp³-hybridized carbons (Fsp3) is 0.833. The average Bonchev–Trinajstić information content (AvgIpc) is 2.16. The molecule has 2 nitrogen and oxygen atoms in total. The predicted octanol–water partition coefficient (Wildman–Crippen LogP) is 3.29. The van der Waals surface area contributed by atoms with Crippen LogP contribution in [-0.2, 0) is 9.59 Å². The van der Waals surface area contributed by atoms with Gasteiger partial charge in [0.15, 0.2) is 0 Å². The van der Waals surface area contributed by atoms with Crippen LogP contribution in [0.3, 0.4) is 0 Å². The lowest BCUT2D eigenvalue weighted by Crippen LogP contribution is -2.03. The summed E-state index contributed by atoms with van der Waals surface area (Å²) in [6.45, 7) is 4.11. The Morgan fingerprint density at radius 2 is 1.29 bits per heavy atom. The van der Waals surface area contributed by atoms with Crippen molar-refractivity contribution in [3.05, 3.63) is 0 Å². The molecule has 0 N–H and O–H groups in total. The summed E-state index contributed by atoms with van der Waals surface area (Å²) < 4.78 is 0. The van der Waals surface area contributed by atoms with Crippen molar-refractivity contribution < 1.29 is 9.59 Å². The Morgan fingerprint density at radius 3 is 1.79 bits per heavy atom. The second-order valence-electron chi connectivity index (χ2n) is 3.78. The van der Waals surface area contributed by atoms with Crippen molar-refractivity contribution in [3.63, 3.8) is 0 Å². The molecule has 0 aliphatic carbocycles.